The van der Waals surface area contributed by atoms with Crippen molar-refractivity contribution in [3.05, 3.63) is 48.3 Å². The smallest absolute Gasteiger partial charge is 0.138 e. The van der Waals surface area contributed by atoms with Gasteiger partial charge in [0, 0.05) is 25.9 Å². The van der Waals surface area contributed by atoms with Crippen molar-refractivity contribution in [1.82, 2.24) is 30.2 Å². The number of para-hydroxylation sites is 1. The Balaban J connectivity index is 2.01. The number of benzene rings is 1. The molecule has 1 atom stereocenters. The van der Waals surface area contributed by atoms with Crippen LogP contribution in [-0.4, -0.2) is 24.7 Å². The number of nitrogens with two attached hydrogens (primary N) is 1. The van der Waals surface area contributed by atoms with E-state index in [-0.39, 0.29) is 6.04 Å². The second-order valence-electron chi connectivity index (χ2n) is 4.49. The Morgan fingerprint density at radius 3 is 2.85 bits per heavy atom. The zero-order valence-corrected chi connectivity index (χ0v) is 11.1. The number of aryl methyl sites for hydroxylation is 1. The third-order valence-corrected chi connectivity index (χ3v) is 3.30. The van der Waals surface area contributed by atoms with Gasteiger partial charge in [-0.15, -0.1) is 0 Å². The molecule has 0 saturated carbocycles. The Hall–Kier alpha value is -2.38. The molecule has 0 spiro atoms. The number of rotatable bonds is 4. The molecule has 3 rings (SSSR count). The predicted octanol–water partition coefficient (Wildman–Crippen LogP) is 0.505. The molecule has 20 heavy (non-hydrogen) atoms. The topological polar surface area (TPSA) is 94.5 Å². The largest absolute Gasteiger partial charge is 0.271 e. The highest BCUT2D eigenvalue weighted by Crippen LogP contribution is 2.23. The van der Waals surface area contributed by atoms with Gasteiger partial charge < -0.3 is 0 Å². The van der Waals surface area contributed by atoms with Gasteiger partial charge in [0.2, 0.25) is 0 Å². The quantitative estimate of drug-likeness (QED) is 0.529. The third kappa shape index (κ3) is 2.24. The first-order valence-electron chi connectivity index (χ1n) is 6.28. The third-order valence-electron chi connectivity index (χ3n) is 3.30. The van der Waals surface area contributed by atoms with Crippen LogP contribution in [-0.2, 0) is 13.5 Å². The number of hydrogen-bond acceptors (Lipinski definition) is 6. The molecule has 0 bridgehead atoms. The standard InChI is InChI=1S/C13H15N7/c1-20-12(17-8-18-20)7-11(19-14)9-3-2-4-10-13(9)16-6-5-15-10/h2-6,8,11,19H,7,14H2,1H3. The van der Waals surface area contributed by atoms with Gasteiger partial charge in [-0.25, -0.2) is 4.98 Å². The molecule has 7 nitrogen and oxygen atoms in total. The van der Waals surface area contributed by atoms with Crippen LogP contribution in [0, 0.1) is 0 Å². The van der Waals surface area contributed by atoms with Crippen molar-refractivity contribution >= 4 is 11.0 Å². The molecule has 2 aromatic heterocycles. The molecule has 0 aliphatic rings. The minimum Gasteiger partial charge on any atom is -0.271 e. The van der Waals surface area contributed by atoms with Crippen LogP contribution < -0.4 is 11.3 Å². The van der Waals surface area contributed by atoms with Crippen molar-refractivity contribution in [3.8, 4) is 0 Å². The predicted molar refractivity (Wildman–Crippen MR) is 74.3 cm³/mol. The summed E-state index contributed by atoms with van der Waals surface area (Å²) < 4.78 is 1.74. The van der Waals surface area contributed by atoms with E-state index in [1.165, 1.54) is 6.33 Å². The zero-order chi connectivity index (χ0) is 13.9. The maximum Gasteiger partial charge on any atom is 0.138 e. The molecule has 102 valence electrons. The molecule has 3 N–H and O–H groups in total. The van der Waals surface area contributed by atoms with Crippen molar-refractivity contribution in [2.75, 3.05) is 0 Å². The van der Waals surface area contributed by atoms with Crippen molar-refractivity contribution in [2.45, 2.75) is 12.5 Å². The van der Waals surface area contributed by atoms with E-state index in [0.29, 0.717) is 6.42 Å². The van der Waals surface area contributed by atoms with Crippen molar-refractivity contribution < 1.29 is 0 Å². The lowest BCUT2D eigenvalue weighted by atomic mass is 10.0. The Morgan fingerprint density at radius 2 is 2.10 bits per heavy atom. The molecule has 0 fully saturated rings. The molecule has 3 aromatic rings. The first-order valence-corrected chi connectivity index (χ1v) is 6.28. The van der Waals surface area contributed by atoms with E-state index in [0.717, 1.165) is 22.4 Å². The van der Waals surface area contributed by atoms with E-state index in [1.54, 1.807) is 17.1 Å². The summed E-state index contributed by atoms with van der Waals surface area (Å²) in [6.07, 6.45) is 5.52. The molecule has 1 aromatic carbocycles. The number of hydrazine groups is 1. The van der Waals surface area contributed by atoms with Gasteiger partial charge in [-0.05, 0) is 11.6 Å². The van der Waals surface area contributed by atoms with E-state index in [9.17, 15) is 0 Å². The SMILES string of the molecule is Cn1ncnc1CC(NN)c1cccc2nccnc12. The first kappa shape index (κ1) is 12.6. The summed E-state index contributed by atoms with van der Waals surface area (Å²) in [5, 5.41) is 4.07. The van der Waals surface area contributed by atoms with Crippen LogP contribution >= 0.6 is 0 Å². The Morgan fingerprint density at radius 1 is 1.25 bits per heavy atom. The average Bonchev–Trinajstić information content (AvgIpc) is 2.89. The second-order valence-corrected chi connectivity index (χ2v) is 4.49. The summed E-state index contributed by atoms with van der Waals surface area (Å²) in [5.41, 5.74) is 5.53. The van der Waals surface area contributed by atoms with Crippen molar-refractivity contribution in [1.29, 1.82) is 0 Å². The highest BCUT2D eigenvalue weighted by Gasteiger charge is 2.17. The number of hydrogen-bond donors (Lipinski definition) is 2. The molecule has 0 radical (unpaired) electrons. The zero-order valence-electron chi connectivity index (χ0n) is 11.1. The van der Waals surface area contributed by atoms with Gasteiger partial charge >= 0.3 is 0 Å². The molecular formula is C13H15N7. The maximum absolute atomic E-state index is 5.71. The lowest BCUT2D eigenvalue weighted by Gasteiger charge is -2.17. The fourth-order valence-corrected chi connectivity index (χ4v) is 2.24. The molecular weight excluding hydrogens is 254 g/mol. The summed E-state index contributed by atoms with van der Waals surface area (Å²) in [5.74, 6) is 6.56. The maximum atomic E-state index is 5.71. The van der Waals surface area contributed by atoms with Crippen LogP contribution in [0.15, 0.2) is 36.9 Å². The molecule has 2 heterocycles. The van der Waals surface area contributed by atoms with Crippen LogP contribution in [0.1, 0.15) is 17.4 Å². The lowest BCUT2D eigenvalue weighted by molar-refractivity contribution is 0.525. The van der Waals surface area contributed by atoms with Gasteiger partial charge in [-0.2, -0.15) is 5.10 Å². The monoisotopic (exact) mass is 269 g/mol. The van der Waals surface area contributed by atoms with Gasteiger partial charge in [0.1, 0.15) is 12.2 Å². The van der Waals surface area contributed by atoms with Crippen molar-refractivity contribution in [3.63, 3.8) is 0 Å². The summed E-state index contributed by atoms with van der Waals surface area (Å²) in [7, 11) is 1.86. The van der Waals surface area contributed by atoms with E-state index < -0.39 is 0 Å². The van der Waals surface area contributed by atoms with Crippen LogP contribution in [0.5, 0.6) is 0 Å². The van der Waals surface area contributed by atoms with Crippen LogP contribution in [0.25, 0.3) is 11.0 Å². The van der Waals surface area contributed by atoms with Crippen molar-refractivity contribution in [2.24, 2.45) is 12.9 Å². The normalized spacial score (nSPS) is 12.7. The molecule has 7 heteroatoms. The molecule has 1 unspecified atom stereocenters. The summed E-state index contributed by atoms with van der Waals surface area (Å²) >= 11 is 0. The van der Waals surface area contributed by atoms with Gasteiger partial charge in [0.15, 0.2) is 0 Å². The van der Waals surface area contributed by atoms with Gasteiger partial charge in [0.25, 0.3) is 0 Å². The Kier molecular flexibility index (Phi) is 3.36. The molecule has 0 aliphatic heterocycles. The number of nitrogens with one attached hydrogen (secondary N) is 1. The minimum atomic E-state index is -0.0988. The minimum absolute atomic E-state index is 0.0988. The molecule has 0 saturated heterocycles. The summed E-state index contributed by atoms with van der Waals surface area (Å²) in [4.78, 5) is 12.9. The molecule has 0 aliphatic carbocycles. The average molecular weight is 269 g/mol. The fourth-order valence-electron chi connectivity index (χ4n) is 2.24. The summed E-state index contributed by atoms with van der Waals surface area (Å²) in [6, 6.07) is 5.78. The molecule has 0 amide bonds. The number of nitrogens with zero attached hydrogens (tertiary/aromatic N) is 5. The number of aromatic nitrogens is 5. The van der Waals surface area contributed by atoms with E-state index in [4.69, 9.17) is 5.84 Å². The highest BCUT2D eigenvalue weighted by atomic mass is 15.3. The van der Waals surface area contributed by atoms with Crippen LogP contribution in [0.3, 0.4) is 0 Å². The van der Waals surface area contributed by atoms with Crippen LogP contribution in [0.2, 0.25) is 0 Å². The van der Waals surface area contributed by atoms with Gasteiger partial charge in [-0.1, -0.05) is 12.1 Å². The fraction of sp³-hybridized carbons (Fsp3) is 0.231. The Labute approximate surface area is 115 Å². The highest BCUT2D eigenvalue weighted by molar-refractivity contribution is 5.78. The lowest BCUT2D eigenvalue weighted by Crippen LogP contribution is -2.30. The van der Waals surface area contributed by atoms with E-state index in [2.05, 4.69) is 25.5 Å². The van der Waals surface area contributed by atoms with Gasteiger partial charge in [0.05, 0.1) is 17.1 Å². The Bertz CT molecular complexity index is 716. The van der Waals surface area contributed by atoms with E-state index >= 15 is 0 Å². The summed E-state index contributed by atoms with van der Waals surface area (Å²) in [6.45, 7) is 0. The first-order chi connectivity index (χ1) is 9.79. The van der Waals surface area contributed by atoms with E-state index in [1.807, 2.05) is 25.2 Å². The number of fused-ring (bicyclic) bond motifs is 1. The second kappa shape index (κ2) is 5.32. The van der Waals surface area contributed by atoms with Gasteiger partial charge in [-0.3, -0.25) is 25.9 Å². The van der Waals surface area contributed by atoms with Crippen LogP contribution in [0.4, 0.5) is 0 Å².